The van der Waals surface area contributed by atoms with E-state index in [4.69, 9.17) is 11.6 Å². The number of benzene rings is 1. The van der Waals surface area contributed by atoms with E-state index in [1.165, 1.54) is 24.3 Å². The Labute approximate surface area is 146 Å². The molecule has 0 amide bonds. The SMILES string of the molecule is CN1CCN(c2ccc(NS(=O)(=O)c3ccc(Cl)cc3)nn2)CC1. The third-order valence-corrected chi connectivity index (χ3v) is 5.46. The average molecular weight is 368 g/mol. The summed E-state index contributed by atoms with van der Waals surface area (Å²) in [6, 6.07) is 9.33. The van der Waals surface area contributed by atoms with E-state index in [0.717, 1.165) is 32.0 Å². The van der Waals surface area contributed by atoms with Crippen molar-refractivity contribution < 1.29 is 8.42 Å². The van der Waals surface area contributed by atoms with E-state index in [1.807, 2.05) is 0 Å². The van der Waals surface area contributed by atoms with E-state index in [-0.39, 0.29) is 10.7 Å². The van der Waals surface area contributed by atoms with Crippen LogP contribution in [0.5, 0.6) is 0 Å². The molecule has 1 saturated heterocycles. The Hall–Kier alpha value is -1.90. The second-order valence-corrected chi connectivity index (χ2v) is 7.75. The topological polar surface area (TPSA) is 78.4 Å². The number of nitrogens with one attached hydrogen (secondary N) is 1. The Balaban J connectivity index is 1.70. The lowest BCUT2D eigenvalue weighted by Gasteiger charge is -2.32. The summed E-state index contributed by atoms with van der Waals surface area (Å²) >= 11 is 5.78. The number of hydrogen-bond acceptors (Lipinski definition) is 6. The number of rotatable bonds is 4. The molecule has 7 nitrogen and oxygen atoms in total. The normalized spacial score (nSPS) is 16.2. The second-order valence-electron chi connectivity index (χ2n) is 5.63. The minimum atomic E-state index is -3.71. The number of aromatic nitrogens is 2. The zero-order valence-electron chi connectivity index (χ0n) is 13.2. The second kappa shape index (κ2) is 6.92. The molecule has 9 heteroatoms. The van der Waals surface area contributed by atoms with Crippen molar-refractivity contribution in [3.63, 3.8) is 0 Å². The van der Waals surface area contributed by atoms with Gasteiger partial charge in [-0.3, -0.25) is 4.72 Å². The highest BCUT2D eigenvalue weighted by molar-refractivity contribution is 7.92. The fraction of sp³-hybridized carbons (Fsp3) is 0.333. The number of piperazine rings is 1. The molecule has 1 N–H and O–H groups in total. The Morgan fingerprint density at radius 1 is 1.00 bits per heavy atom. The van der Waals surface area contributed by atoms with Gasteiger partial charge < -0.3 is 9.80 Å². The maximum atomic E-state index is 12.3. The molecule has 0 aliphatic carbocycles. The Morgan fingerprint density at radius 3 is 2.25 bits per heavy atom. The smallest absolute Gasteiger partial charge is 0.263 e. The highest BCUT2D eigenvalue weighted by atomic mass is 35.5. The van der Waals surface area contributed by atoms with Crippen LogP contribution in [-0.2, 0) is 10.0 Å². The largest absolute Gasteiger partial charge is 0.353 e. The molecule has 0 radical (unpaired) electrons. The van der Waals surface area contributed by atoms with Gasteiger partial charge in [-0.05, 0) is 43.4 Å². The summed E-state index contributed by atoms with van der Waals surface area (Å²) in [4.78, 5) is 4.50. The maximum Gasteiger partial charge on any atom is 0.263 e. The number of hydrogen-bond donors (Lipinski definition) is 1. The fourth-order valence-electron chi connectivity index (χ4n) is 2.39. The predicted octanol–water partition coefficient (Wildman–Crippen LogP) is 1.68. The molecule has 1 fully saturated rings. The van der Waals surface area contributed by atoms with Crippen LogP contribution < -0.4 is 9.62 Å². The zero-order valence-corrected chi connectivity index (χ0v) is 14.8. The van der Waals surface area contributed by atoms with Crippen molar-refractivity contribution in [2.45, 2.75) is 4.90 Å². The number of nitrogens with zero attached hydrogens (tertiary/aromatic N) is 4. The van der Waals surface area contributed by atoms with Crippen LogP contribution in [-0.4, -0.2) is 56.7 Å². The van der Waals surface area contributed by atoms with Crippen LogP contribution in [0.3, 0.4) is 0 Å². The number of sulfonamides is 1. The third kappa shape index (κ3) is 3.95. The van der Waals surface area contributed by atoms with Crippen molar-refractivity contribution in [1.29, 1.82) is 0 Å². The highest BCUT2D eigenvalue weighted by Crippen LogP contribution is 2.18. The zero-order chi connectivity index (χ0) is 17.2. The van der Waals surface area contributed by atoms with E-state index < -0.39 is 10.0 Å². The Kier molecular flexibility index (Phi) is 4.88. The van der Waals surface area contributed by atoms with Crippen LogP contribution in [0.15, 0.2) is 41.3 Å². The minimum Gasteiger partial charge on any atom is -0.353 e. The van der Waals surface area contributed by atoms with Crippen molar-refractivity contribution in [3.05, 3.63) is 41.4 Å². The van der Waals surface area contributed by atoms with Crippen molar-refractivity contribution in [3.8, 4) is 0 Å². The molecule has 0 spiro atoms. The summed E-state index contributed by atoms with van der Waals surface area (Å²) in [6.07, 6.45) is 0. The van der Waals surface area contributed by atoms with E-state index in [1.54, 1.807) is 12.1 Å². The van der Waals surface area contributed by atoms with E-state index in [9.17, 15) is 8.42 Å². The first kappa shape index (κ1) is 16.9. The van der Waals surface area contributed by atoms with Gasteiger partial charge in [0.05, 0.1) is 4.90 Å². The van der Waals surface area contributed by atoms with Gasteiger partial charge in [0, 0.05) is 31.2 Å². The summed E-state index contributed by atoms with van der Waals surface area (Å²) in [5.74, 6) is 0.931. The first-order chi connectivity index (χ1) is 11.4. The molecular formula is C15H18ClN5O2S. The quantitative estimate of drug-likeness (QED) is 0.885. The standard InChI is InChI=1S/C15H18ClN5O2S/c1-20-8-10-21(11-9-20)15-7-6-14(17-18-15)19-24(22,23)13-4-2-12(16)3-5-13/h2-7H,8-11H2,1H3,(H,17,19). The van der Waals surface area contributed by atoms with Crippen LogP contribution in [0.4, 0.5) is 11.6 Å². The predicted molar refractivity (Wildman–Crippen MR) is 94.0 cm³/mol. The minimum absolute atomic E-state index is 0.122. The molecule has 1 aliphatic heterocycles. The van der Waals surface area contributed by atoms with E-state index in [2.05, 4.69) is 31.8 Å². The van der Waals surface area contributed by atoms with Crippen molar-refractivity contribution in [2.24, 2.45) is 0 Å². The van der Waals surface area contributed by atoms with Crippen LogP contribution in [0, 0.1) is 0 Å². The van der Waals surface area contributed by atoms with Gasteiger partial charge in [0.1, 0.15) is 0 Å². The molecular weight excluding hydrogens is 350 g/mol. The molecule has 128 valence electrons. The highest BCUT2D eigenvalue weighted by Gasteiger charge is 2.17. The molecule has 0 bridgehead atoms. The van der Waals surface area contributed by atoms with Crippen molar-refractivity contribution in [2.75, 3.05) is 42.8 Å². The lowest BCUT2D eigenvalue weighted by atomic mass is 10.3. The molecule has 24 heavy (non-hydrogen) atoms. The summed E-state index contributed by atoms with van der Waals surface area (Å²) in [7, 11) is -1.63. The molecule has 3 rings (SSSR count). The summed E-state index contributed by atoms with van der Waals surface area (Å²) in [6.45, 7) is 3.68. The molecule has 2 aromatic rings. The Bertz CT molecular complexity index is 788. The fourth-order valence-corrected chi connectivity index (χ4v) is 3.52. The van der Waals surface area contributed by atoms with Gasteiger partial charge in [0.25, 0.3) is 10.0 Å². The first-order valence-corrected chi connectivity index (χ1v) is 9.36. The van der Waals surface area contributed by atoms with Gasteiger partial charge in [-0.15, -0.1) is 10.2 Å². The average Bonchev–Trinajstić information content (AvgIpc) is 2.56. The van der Waals surface area contributed by atoms with Gasteiger partial charge in [-0.2, -0.15) is 0 Å². The van der Waals surface area contributed by atoms with Gasteiger partial charge in [0.15, 0.2) is 11.6 Å². The maximum absolute atomic E-state index is 12.3. The van der Waals surface area contributed by atoms with Gasteiger partial charge >= 0.3 is 0 Å². The summed E-state index contributed by atoms with van der Waals surface area (Å²) in [5, 5.41) is 8.59. The lowest BCUT2D eigenvalue weighted by Crippen LogP contribution is -2.44. The van der Waals surface area contributed by atoms with E-state index >= 15 is 0 Å². The van der Waals surface area contributed by atoms with Crippen LogP contribution in [0.25, 0.3) is 0 Å². The number of anilines is 2. The van der Waals surface area contributed by atoms with Crippen LogP contribution in [0.2, 0.25) is 5.02 Å². The molecule has 0 atom stereocenters. The van der Waals surface area contributed by atoms with Crippen molar-refractivity contribution >= 4 is 33.3 Å². The molecule has 2 heterocycles. The van der Waals surface area contributed by atoms with Gasteiger partial charge in [-0.1, -0.05) is 11.6 Å². The molecule has 1 aromatic heterocycles. The van der Waals surface area contributed by atoms with Crippen LogP contribution in [0.1, 0.15) is 0 Å². The first-order valence-electron chi connectivity index (χ1n) is 7.50. The number of likely N-dealkylation sites (N-methyl/N-ethyl adjacent to an activating group) is 1. The molecule has 0 unspecified atom stereocenters. The molecule has 0 saturated carbocycles. The van der Waals surface area contributed by atoms with Crippen molar-refractivity contribution in [1.82, 2.24) is 15.1 Å². The van der Waals surface area contributed by atoms with E-state index in [0.29, 0.717) is 5.02 Å². The van der Waals surface area contributed by atoms with Gasteiger partial charge in [-0.25, -0.2) is 8.42 Å². The molecule has 1 aliphatic rings. The molecule has 1 aromatic carbocycles. The number of halogens is 1. The lowest BCUT2D eigenvalue weighted by molar-refractivity contribution is 0.312. The summed E-state index contributed by atoms with van der Waals surface area (Å²) < 4.78 is 27.0. The third-order valence-electron chi connectivity index (χ3n) is 3.84. The van der Waals surface area contributed by atoms with Gasteiger partial charge in [0.2, 0.25) is 0 Å². The van der Waals surface area contributed by atoms with Crippen LogP contribution >= 0.6 is 11.6 Å². The monoisotopic (exact) mass is 367 g/mol. The summed E-state index contributed by atoms with van der Waals surface area (Å²) in [5.41, 5.74) is 0. The Morgan fingerprint density at radius 2 is 1.67 bits per heavy atom.